The molecule has 0 N–H and O–H groups in total. The SMILES string of the molecule is CC(C)OS(=S)(=S)SSSSSSSSSSS. The summed E-state index contributed by atoms with van der Waals surface area (Å²) in [5.74, 6) is 0. The third kappa shape index (κ3) is 17.0. The average molecular weight is 509 g/mol. The molecule has 0 spiro atoms. The molecule has 0 unspecified atom stereocenters. The molecule has 0 atom stereocenters. The van der Waals surface area contributed by atoms with Gasteiger partial charge in [-0.3, -0.25) is 4.18 Å². The van der Waals surface area contributed by atoms with E-state index in [1.807, 2.05) is 13.8 Å². The minimum absolute atomic E-state index is 0.0984. The van der Waals surface area contributed by atoms with Crippen LogP contribution < -0.4 is 0 Å². The second-order valence-electron chi connectivity index (χ2n) is 2.24. The number of hydrogen-bond donors (Lipinski definition) is 1. The largest absolute Gasteiger partial charge is 0.299 e. The lowest BCUT2D eigenvalue weighted by Gasteiger charge is -2.11. The Hall–Kier alpha value is 4.60. The lowest BCUT2D eigenvalue weighted by atomic mass is 10.5. The van der Waals surface area contributed by atoms with Gasteiger partial charge in [0.15, 0.2) is 0 Å². The summed E-state index contributed by atoms with van der Waals surface area (Å²) in [4.78, 5) is 0. The molecule has 0 saturated heterocycles. The molecule has 0 fully saturated rings. The van der Waals surface area contributed by atoms with Crippen LogP contribution in [0.2, 0.25) is 0 Å². The highest BCUT2D eigenvalue weighted by molar-refractivity contribution is 9.55. The minimum Gasteiger partial charge on any atom is -0.299 e. The second kappa shape index (κ2) is 15.1. The molecule has 0 rings (SSSR count). The molecule has 110 valence electrons. The Morgan fingerprint density at radius 3 is 1.78 bits per heavy atom. The van der Waals surface area contributed by atoms with Crippen LogP contribution >= 0.6 is 110 Å². The van der Waals surface area contributed by atoms with E-state index in [0.29, 0.717) is 0 Å². The van der Waals surface area contributed by atoms with Crippen LogP contribution in [0.5, 0.6) is 0 Å². The third-order valence-electron chi connectivity index (χ3n) is 0.646. The zero-order valence-corrected chi connectivity index (χ0v) is 20.2. The van der Waals surface area contributed by atoms with Crippen LogP contribution in [0.1, 0.15) is 13.8 Å². The van der Waals surface area contributed by atoms with Gasteiger partial charge in [0.25, 0.3) is 0 Å². The van der Waals surface area contributed by atoms with E-state index in [9.17, 15) is 0 Å². The Labute approximate surface area is 160 Å². The Kier molecular flexibility index (Phi) is 19.0. The van der Waals surface area contributed by atoms with E-state index < -0.39 is 6.46 Å². The Bertz CT molecular complexity index is 271. The van der Waals surface area contributed by atoms with Gasteiger partial charge in [0.05, 0.1) is 12.6 Å². The maximum absolute atomic E-state index is 5.51. The van der Waals surface area contributed by atoms with Gasteiger partial charge in [0, 0.05) is 49.1 Å². The monoisotopic (exact) mass is 508 g/mol. The first-order valence-electron chi connectivity index (χ1n) is 3.74. The number of hydrogen-bond acceptors (Lipinski definition) is 14. The lowest BCUT2D eigenvalue weighted by Crippen LogP contribution is -2.05. The van der Waals surface area contributed by atoms with Crippen molar-refractivity contribution in [1.29, 1.82) is 0 Å². The van der Waals surface area contributed by atoms with Gasteiger partial charge in [-0.05, 0) is 85.4 Å². The highest BCUT2D eigenvalue weighted by atomic mass is 34.0. The van der Waals surface area contributed by atoms with Gasteiger partial charge in [0.1, 0.15) is 0 Å². The van der Waals surface area contributed by atoms with Crippen molar-refractivity contribution < 1.29 is 4.18 Å². The molecule has 0 heterocycles. The van der Waals surface area contributed by atoms with E-state index in [2.05, 4.69) is 11.7 Å². The van der Waals surface area contributed by atoms with Crippen molar-refractivity contribution in [1.82, 2.24) is 0 Å². The molecule has 0 aromatic heterocycles. The molecular weight excluding hydrogens is 501 g/mol. The summed E-state index contributed by atoms with van der Waals surface area (Å²) >= 11 is 14.5. The van der Waals surface area contributed by atoms with Crippen LogP contribution in [0.25, 0.3) is 0 Å². The molecule has 0 saturated carbocycles. The Balaban J connectivity index is 3.35. The van der Waals surface area contributed by atoms with Crippen molar-refractivity contribution in [3.05, 3.63) is 0 Å². The van der Waals surface area contributed by atoms with Gasteiger partial charge in [-0.15, -0.1) is 0 Å². The van der Waals surface area contributed by atoms with E-state index in [4.69, 9.17) is 26.6 Å². The molecular formula is C3H8OS14. The van der Waals surface area contributed by atoms with Crippen molar-refractivity contribution >= 4 is 139 Å². The maximum atomic E-state index is 5.51. The fourth-order valence-electron chi connectivity index (χ4n) is 0.378. The summed E-state index contributed by atoms with van der Waals surface area (Å²) in [7, 11) is 16.4. The third-order valence-corrected chi connectivity index (χ3v) is 27.4. The van der Waals surface area contributed by atoms with Crippen LogP contribution in [0, 0.1) is 0 Å². The summed E-state index contributed by atoms with van der Waals surface area (Å²) < 4.78 is 5.51. The molecule has 0 amide bonds. The lowest BCUT2D eigenvalue weighted by molar-refractivity contribution is 0.289. The quantitative estimate of drug-likeness (QED) is 0.157. The molecule has 0 aliphatic rings. The molecule has 1 nitrogen and oxygen atoms in total. The zero-order valence-electron chi connectivity index (χ0n) is 8.74. The van der Waals surface area contributed by atoms with E-state index in [1.165, 1.54) is 19.7 Å². The van der Waals surface area contributed by atoms with E-state index in [-0.39, 0.29) is 6.10 Å². The van der Waals surface area contributed by atoms with Gasteiger partial charge in [-0.2, -0.15) is 0 Å². The minimum atomic E-state index is -1.81. The summed E-state index contributed by atoms with van der Waals surface area (Å²) in [6.45, 7) is 2.10. The van der Waals surface area contributed by atoms with E-state index >= 15 is 0 Å². The smallest absolute Gasteiger partial charge is 0.0822 e. The van der Waals surface area contributed by atoms with Gasteiger partial charge in [-0.25, -0.2) is 0 Å². The number of thiol groups is 1. The summed E-state index contributed by atoms with van der Waals surface area (Å²) in [6, 6.07) is 0. The molecule has 18 heavy (non-hydrogen) atoms. The van der Waals surface area contributed by atoms with Crippen LogP contribution in [0.3, 0.4) is 0 Å². The first-order chi connectivity index (χ1) is 8.48. The van der Waals surface area contributed by atoms with E-state index in [0.717, 1.165) is 0 Å². The van der Waals surface area contributed by atoms with Gasteiger partial charge >= 0.3 is 0 Å². The van der Waals surface area contributed by atoms with Crippen LogP contribution in [0.4, 0.5) is 0 Å². The fraction of sp³-hybridized carbons (Fsp3) is 1.00. The molecule has 0 radical (unpaired) electrons. The molecule has 15 heteroatoms. The standard InChI is InChI=1S/C3H8OS14/c1-3(2)4-18(6,7)17-16-15-14-13-12-11-10-9-8-5/h3,5H,1-2H3. The van der Waals surface area contributed by atoms with Crippen molar-refractivity contribution in [2.75, 3.05) is 0 Å². The van der Waals surface area contributed by atoms with Crippen molar-refractivity contribution in [2.24, 2.45) is 0 Å². The first kappa shape index (κ1) is 22.6. The van der Waals surface area contributed by atoms with Crippen molar-refractivity contribution in [3.8, 4) is 0 Å². The summed E-state index contributed by atoms with van der Waals surface area (Å²) in [5.41, 5.74) is 0. The predicted molar refractivity (Wildman–Crippen MR) is 123 cm³/mol. The van der Waals surface area contributed by atoms with Crippen LogP contribution in [-0.4, -0.2) is 6.10 Å². The molecule has 0 aliphatic heterocycles. The predicted octanol–water partition coefficient (Wildman–Crippen LogP) is 7.73. The molecule has 0 bridgehead atoms. The highest BCUT2D eigenvalue weighted by Gasteiger charge is 2.07. The van der Waals surface area contributed by atoms with E-state index in [1.54, 1.807) is 78.6 Å². The normalized spacial score (nSPS) is 12.2. The highest BCUT2D eigenvalue weighted by Crippen LogP contribution is 2.60. The van der Waals surface area contributed by atoms with Gasteiger partial charge in [-0.1, -0.05) is 11.7 Å². The van der Waals surface area contributed by atoms with Crippen LogP contribution in [-0.2, 0) is 33.0 Å². The topological polar surface area (TPSA) is 9.23 Å². The number of rotatable bonds is 12. The Morgan fingerprint density at radius 1 is 0.889 bits per heavy atom. The molecule has 0 aliphatic carbocycles. The first-order valence-corrected chi connectivity index (χ1v) is 21.5. The Morgan fingerprint density at radius 2 is 1.33 bits per heavy atom. The van der Waals surface area contributed by atoms with Crippen molar-refractivity contribution in [2.45, 2.75) is 20.0 Å². The second-order valence-corrected chi connectivity index (χ2v) is 27.2. The summed E-state index contributed by atoms with van der Waals surface area (Å²) in [6.07, 6.45) is 0.0984. The maximum Gasteiger partial charge on any atom is 0.0822 e. The molecule has 0 aromatic rings. The van der Waals surface area contributed by atoms with Crippen LogP contribution in [0.15, 0.2) is 0 Å². The zero-order chi connectivity index (χ0) is 13.9. The fourth-order valence-corrected chi connectivity index (χ4v) is 31.3. The average Bonchev–Trinajstić information content (AvgIpc) is 2.25. The molecule has 0 aromatic carbocycles. The van der Waals surface area contributed by atoms with Crippen molar-refractivity contribution in [3.63, 3.8) is 0 Å². The van der Waals surface area contributed by atoms with Gasteiger partial charge in [0.2, 0.25) is 0 Å². The van der Waals surface area contributed by atoms with Gasteiger partial charge < -0.3 is 0 Å². The summed E-state index contributed by atoms with van der Waals surface area (Å²) in [5, 5.41) is 0.